The van der Waals surface area contributed by atoms with Crippen LogP contribution in [0, 0.1) is 0 Å². The lowest BCUT2D eigenvalue weighted by Gasteiger charge is -2.21. The van der Waals surface area contributed by atoms with Crippen molar-refractivity contribution in [3.63, 3.8) is 0 Å². The molecule has 9 nitrogen and oxygen atoms in total. The van der Waals surface area contributed by atoms with E-state index in [0.717, 1.165) is 10.9 Å². The van der Waals surface area contributed by atoms with E-state index in [1.807, 2.05) is 30.3 Å². The normalized spacial score (nSPS) is 16.4. The Hall–Kier alpha value is -3.69. The molecular weight excluding hydrogens is 584 g/mol. The van der Waals surface area contributed by atoms with Gasteiger partial charge >= 0.3 is 0 Å². The first-order chi connectivity index (χ1) is 18.5. The minimum Gasteiger partial charge on any atom is -0.494 e. The van der Waals surface area contributed by atoms with E-state index in [9.17, 15) is 4.57 Å². The van der Waals surface area contributed by atoms with Crippen LogP contribution in [0.2, 0.25) is 0 Å². The van der Waals surface area contributed by atoms with Crippen molar-refractivity contribution in [2.24, 2.45) is 7.05 Å². The van der Waals surface area contributed by atoms with Gasteiger partial charge in [-0.25, -0.2) is 9.37 Å². The number of benzene rings is 2. The van der Waals surface area contributed by atoms with Gasteiger partial charge in [-0.15, -0.1) is 0 Å². The molecule has 5 rings (SSSR count). The Morgan fingerprint density at radius 1 is 1.21 bits per heavy atom. The Labute approximate surface area is 234 Å². The van der Waals surface area contributed by atoms with Crippen LogP contribution in [0.25, 0.3) is 11.1 Å². The highest BCUT2D eigenvalue weighted by Gasteiger charge is 2.38. The highest BCUT2D eigenvalue weighted by Crippen LogP contribution is 2.45. The van der Waals surface area contributed by atoms with E-state index in [1.54, 1.807) is 45.9 Å². The lowest BCUT2D eigenvalue weighted by atomic mass is 9.96. The molecule has 3 N–H and O–H groups in total. The predicted molar refractivity (Wildman–Crippen MR) is 158 cm³/mol. The topological polar surface area (TPSA) is 106 Å². The molecule has 0 saturated carbocycles. The fraction of sp³-hybridized carbons (Fsp3) is 0.222. The summed E-state index contributed by atoms with van der Waals surface area (Å²) in [7, 11) is 0.733. The van der Waals surface area contributed by atoms with Crippen molar-refractivity contribution in [2.75, 3.05) is 42.9 Å². The monoisotopic (exact) mass is 611 g/mol. The average Bonchev–Trinajstić information content (AvgIpc) is 3.25. The minimum absolute atomic E-state index is 0.000735. The van der Waals surface area contributed by atoms with E-state index in [0.29, 0.717) is 50.3 Å². The molecule has 0 fully saturated rings. The second-order valence-electron chi connectivity index (χ2n) is 9.56. The van der Waals surface area contributed by atoms with Gasteiger partial charge in [-0.05, 0) is 53.5 Å². The molecule has 2 aromatic heterocycles. The number of nitrogens with one attached hydrogen (secondary N) is 3. The Bertz CT molecular complexity index is 1640. The smallest absolute Gasteiger partial charge is 0.229 e. The standard InChI is InChI=1S/C27H28BrFN7O2P/c1-6-27(29)15-31-20-12-22(38-3)21(11-16(20)17-13-32-36(2)24(17)27)34-26-30-14-18(28)25(35-26)33-19-9-7-8-10-23(19)39(4,5)37/h6-14,31H,1,15H2,2-5H3,(H2,30,33,34,35). The van der Waals surface area contributed by atoms with Crippen LogP contribution in [0.3, 0.4) is 0 Å². The highest BCUT2D eigenvalue weighted by atomic mass is 79.9. The van der Waals surface area contributed by atoms with E-state index < -0.39 is 12.8 Å². The van der Waals surface area contributed by atoms with E-state index in [2.05, 4.69) is 53.5 Å². The van der Waals surface area contributed by atoms with Gasteiger partial charge in [-0.1, -0.05) is 18.7 Å². The number of hydrogen-bond acceptors (Lipinski definition) is 8. The van der Waals surface area contributed by atoms with Gasteiger partial charge in [0.25, 0.3) is 0 Å². The Kier molecular flexibility index (Phi) is 6.99. The van der Waals surface area contributed by atoms with Crippen LogP contribution >= 0.6 is 23.1 Å². The van der Waals surface area contributed by atoms with Gasteiger partial charge in [-0.3, -0.25) is 4.68 Å². The van der Waals surface area contributed by atoms with Crippen LogP contribution in [-0.2, 0) is 17.3 Å². The van der Waals surface area contributed by atoms with Gasteiger partial charge in [0.1, 0.15) is 18.7 Å². The second kappa shape index (κ2) is 10.1. The summed E-state index contributed by atoms with van der Waals surface area (Å²) in [6.45, 7) is 7.17. The Balaban J connectivity index is 1.54. The number of alkyl halides is 1. The molecule has 1 atom stereocenters. The van der Waals surface area contributed by atoms with Crippen molar-refractivity contribution in [3.8, 4) is 16.9 Å². The molecule has 0 spiro atoms. The summed E-state index contributed by atoms with van der Waals surface area (Å²) in [5, 5.41) is 14.7. The van der Waals surface area contributed by atoms with Gasteiger partial charge in [-0.2, -0.15) is 10.1 Å². The number of nitrogens with zero attached hydrogens (tertiary/aromatic N) is 4. The lowest BCUT2D eigenvalue weighted by molar-refractivity contribution is 0.238. The number of rotatable bonds is 7. The first-order valence-electron chi connectivity index (χ1n) is 12.1. The maximum Gasteiger partial charge on any atom is 0.229 e. The van der Waals surface area contributed by atoms with Crippen LogP contribution in [-0.4, -0.2) is 46.7 Å². The summed E-state index contributed by atoms with van der Waals surface area (Å²) < 4.78 is 36.5. The predicted octanol–water partition coefficient (Wildman–Crippen LogP) is 6.16. The van der Waals surface area contributed by atoms with E-state index >= 15 is 4.39 Å². The third-order valence-corrected chi connectivity index (χ3v) is 8.68. The average molecular weight is 612 g/mol. The molecule has 2 aromatic carbocycles. The Morgan fingerprint density at radius 3 is 2.69 bits per heavy atom. The maximum absolute atomic E-state index is 15.9. The van der Waals surface area contributed by atoms with Gasteiger partial charge in [0.2, 0.25) is 5.95 Å². The van der Waals surface area contributed by atoms with E-state index in [1.165, 1.54) is 10.8 Å². The van der Waals surface area contributed by atoms with Crippen molar-refractivity contribution >= 4 is 57.2 Å². The fourth-order valence-electron chi connectivity index (χ4n) is 4.63. The van der Waals surface area contributed by atoms with Crippen LogP contribution in [0.15, 0.2) is 65.9 Å². The van der Waals surface area contributed by atoms with Crippen LogP contribution in [0.1, 0.15) is 5.69 Å². The number of methoxy groups -OCH3 is 1. The van der Waals surface area contributed by atoms with E-state index in [4.69, 9.17) is 4.74 Å². The van der Waals surface area contributed by atoms with Crippen molar-refractivity contribution in [2.45, 2.75) is 5.67 Å². The number of fused-ring (bicyclic) bond motifs is 3. The fourth-order valence-corrected chi connectivity index (χ4v) is 6.08. The number of para-hydroxylation sites is 1. The third kappa shape index (κ3) is 5.04. The molecule has 202 valence electrons. The summed E-state index contributed by atoms with van der Waals surface area (Å²) in [4.78, 5) is 9.06. The van der Waals surface area contributed by atoms with Crippen molar-refractivity contribution in [1.29, 1.82) is 0 Å². The first kappa shape index (κ1) is 26.9. The minimum atomic E-state index is -2.54. The lowest BCUT2D eigenvalue weighted by Crippen LogP contribution is -2.29. The number of hydrogen-bond donors (Lipinski definition) is 3. The molecule has 0 saturated heterocycles. The quantitative estimate of drug-likeness (QED) is 0.168. The number of halogens is 2. The summed E-state index contributed by atoms with van der Waals surface area (Å²) >= 11 is 3.50. The molecule has 0 bridgehead atoms. The second-order valence-corrected chi connectivity index (χ2v) is 13.6. The number of anilines is 5. The molecular formula is C27H28BrFN7O2P. The largest absolute Gasteiger partial charge is 0.494 e. The maximum atomic E-state index is 15.9. The summed E-state index contributed by atoms with van der Waals surface area (Å²) in [6, 6.07) is 11.1. The third-order valence-electron chi connectivity index (χ3n) is 6.55. The molecule has 39 heavy (non-hydrogen) atoms. The van der Waals surface area contributed by atoms with Gasteiger partial charge in [0.05, 0.1) is 41.4 Å². The van der Waals surface area contributed by atoms with E-state index in [-0.39, 0.29) is 6.54 Å². The van der Waals surface area contributed by atoms with Crippen molar-refractivity contribution in [1.82, 2.24) is 19.7 Å². The van der Waals surface area contributed by atoms with Gasteiger partial charge < -0.3 is 25.3 Å². The molecule has 1 unspecified atom stereocenters. The molecule has 0 aliphatic carbocycles. The molecule has 1 aliphatic heterocycles. The van der Waals surface area contributed by atoms with Gasteiger partial charge in [0, 0.05) is 41.4 Å². The molecule has 1 aliphatic rings. The van der Waals surface area contributed by atoms with Crippen molar-refractivity contribution < 1.29 is 13.7 Å². The Morgan fingerprint density at radius 2 is 1.97 bits per heavy atom. The molecule has 4 aromatic rings. The molecule has 3 heterocycles. The van der Waals surface area contributed by atoms with Crippen LogP contribution in [0.4, 0.5) is 33.2 Å². The number of aryl methyl sites for hydroxylation is 1. The summed E-state index contributed by atoms with van der Waals surface area (Å²) in [6.07, 6.45) is 4.56. The molecule has 0 amide bonds. The number of ether oxygens (including phenoxy) is 1. The van der Waals surface area contributed by atoms with Crippen LogP contribution in [0.5, 0.6) is 5.75 Å². The zero-order valence-electron chi connectivity index (χ0n) is 21.9. The van der Waals surface area contributed by atoms with Crippen LogP contribution < -0.4 is 26.0 Å². The molecule has 12 heteroatoms. The number of aromatic nitrogens is 4. The summed E-state index contributed by atoms with van der Waals surface area (Å²) in [5.41, 5.74) is 1.97. The SMILES string of the molecule is C=CC1(F)CNc2cc(OC)c(Nc3ncc(Br)c(Nc4ccccc4P(C)(C)=O)n3)cc2-c2cnn(C)c21. The first-order valence-corrected chi connectivity index (χ1v) is 15.5. The summed E-state index contributed by atoms with van der Waals surface area (Å²) in [5.74, 6) is 1.30. The highest BCUT2D eigenvalue weighted by molar-refractivity contribution is 9.10. The molecule has 0 radical (unpaired) electrons. The zero-order chi connectivity index (χ0) is 27.9. The van der Waals surface area contributed by atoms with Gasteiger partial charge in [0.15, 0.2) is 5.67 Å². The van der Waals surface area contributed by atoms with Crippen molar-refractivity contribution in [3.05, 3.63) is 71.6 Å². The zero-order valence-corrected chi connectivity index (χ0v) is 24.4.